The van der Waals surface area contributed by atoms with E-state index in [2.05, 4.69) is 56.3 Å². The molecule has 8 atom stereocenters. The second-order valence-electron chi connectivity index (χ2n) is 11.8. The summed E-state index contributed by atoms with van der Waals surface area (Å²) in [5, 5.41) is 13.7. The van der Waals surface area contributed by atoms with Gasteiger partial charge in [0.2, 0.25) is 0 Å². The molecule has 2 aromatic rings. The van der Waals surface area contributed by atoms with Gasteiger partial charge >= 0.3 is 0 Å². The third-order valence-corrected chi connectivity index (χ3v) is 10.8. The predicted molar refractivity (Wildman–Crippen MR) is 124 cm³/mol. The summed E-state index contributed by atoms with van der Waals surface area (Å²) in [7, 11) is 0. The van der Waals surface area contributed by atoms with Crippen LogP contribution >= 0.6 is 0 Å². The molecule has 1 N–H and O–H groups in total. The van der Waals surface area contributed by atoms with E-state index < -0.39 is 0 Å². The van der Waals surface area contributed by atoms with E-state index in [0.717, 1.165) is 36.0 Å². The van der Waals surface area contributed by atoms with Crippen LogP contribution in [0, 0.1) is 34.5 Å². The van der Waals surface area contributed by atoms with Crippen molar-refractivity contribution in [2.45, 2.75) is 83.7 Å². The van der Waals surface area contributed by atoms with E-state index in [0.29, 0.717) is 5.41 Å². The molecule has 4 aliphatic carbocycles. The number of aliphatic hydroxyl groups excluding tert-OH is 1. The van der Waals surface area contributed by atoms with E-state index in [-0.39, 0.29) is 11.5 Å². The summed E-state index contributed by atoms with van der Waals surface area (Å²) in [6.07, 6.45) is 11.8. The lowest BCUT2D eigenvalue weighted by Crippen LogP contribution is -2.54. The van der Waals surface area contributed by atoms with E-state index in [1.807, 2.05) is 0 Å². The fraction of sp³-hybridized carbons (Fsp3) is 0.655. The second kappa shape index (κ2) is 6.83. The van der Waals surface area contributed by atoms with Gasteiger partial charge in [-0.1, -0.05) is 62.7 Å². The Labute approximate surface area is 182 Å². The van der Waals surface area contributed by atoms with Crippen molar-refractivity contribution in [1.82, 2.24) is 0 Å². The van der Waals surface area contributed by atoms with Gasteiger partial charge in [-0.05, 0) is 108 Å². The molecule has 0 radical (unpaired) electrons. The van der Waals surface area contributed by atoms with E-state index in [1.165, 1.54) is 62.1 Å². The fourth-order valence-corrected chi connectivity index (χ4v) is 9.34. The monoisotopic (exact) mass is 402 g/mol. The number of benzene rings is 2. The Morgan fingerprint density at radius 2 is 1.50 bits per heavy atom. The average molecular weight is 403 g/mol. The maximum absolute atomic E-state index is 10.8. The smallest absolute Gasteiger partial charge is 0.0596 e. The molecule has 0 amide bonds. The largest absolute Gasteiger partial charge is 0.393 e. The maximum Gasteiger partial charge on any atom is 0.0596 e. The first kappa shape index (κ1) is 19.4. The van der Waals surface area contributed by atoms with Crippen LogP contribution in [0.2, 0.25) is 0 Å². The van der Waals surface area contributed by atoms with Gasteiger partial charge in [0.15, 0.2) is 0 Å². The number of hydrogen-bond donors (Lipinski definition) is 1. The van der Waals surface area contributed by atoms with Crippen molar-refractivity contribution in [2.75, 3.05) is 0 Å². The van der Waals surface area contributed by atoms with Gasteiger partial charge in [0.1, 0.15) is 0 Å². The Balaban J connectivity index is 1.37. The highest BCUT2D eigenvalue weighted by atomic mass is 16.3. The molecule has 4 aliphatic rings. The van der Waals surface area contributed by atoms with Gasteiger partial charge in [0.25, 0.3) is 0 Å². The van der Waals surface area contributed by atoms with Crippen LogP contribution in [0.15, 0.2) is 42.5 Å². The Morgan fingerprint density at radius 1 is 0.733 bits per heavy atom. The van der Waals surface area contributed by atoms with Gasteiger partial charge in [-0.2, -0.15) is 0 Å². The lowest BCUT2D eigenvalue weighted by Gasteiger charge is -2.61. The SMILES string of the molecule is C[C@]12CCCC(c3cccc4ccccc34)C1CC[C@@H]1[C@@H]2CC[C@]2(C)C(O)CC[C@@H]12. The molecule has 0 heterocycles. The summed E-state index contributed by atoms with van der Waals surface area (Å²) >= 11 is 0. The Morgan fingerprint density at radius 3 is 2.40 bits per heavy atom. The highest BCUT2D eigenvalue weighted by molar-refractivity contribution is 5.86. The summed E-state index contributed by atoms with van der Waals surface area (Å²) < 4.78 is 0. The molecule has 2 aromatic carbocycles. The van der Waals surface area contributed by atoms with E-state index >= 15 is 0 Å². The molecular weight excluding hydrogens is 364 g/mol. The van der Waals surface area contributed by atoms with E-state index in [9.17, 15) is 5.11 Å². The van der Waals surface area contributed by atoms with Gasteiger partial charge in [0.05, 0.1) is 6.10 Å². The summed E-state index contributed by atoms with van der Waals surface area (Å²) in [6.45, 7) is 5.10. The quantitative estimate of drug-likeness (QED) is 0.529. The molecule has 4 fully saturated rings. The van der Waals surface area contributed by atoms with Crippen molar-refractivity contribution >= 4 is 10.8 Å². The lowest BCUT2D eigenvalue weighted by molar-refractivity contribution is -0.125. The molecule has 1 heteroatoms. The molecule has 160 valence electrons. The van der Waals surface area contributed by atoms with Gasteiger partial charge in [-0.3, -0.25) is 0 Å². The molecule has 4 saturated carbocycles. The third-order valence-electron chi connectivity index (χ3n) is 10.8. The molecule has 1 nitrogen and oxygen atoms in total. The van der Waals surface area contributed by atoms with Crippen molar-refractivity contribution in [3.8, 4) is 0 Å². The zero-order valence-corrected chi connectivity index (χ0v) is 18.8. The van der Waals surface area contributed by atoms with Gasteiger partial charge in [-0.25, -0.2) is 0 Å². The molecule has 0 saturated heterocycles. The van der Waals surface area contributed by atoms with Crippen molar-refractivity contribution < 1.29 is 5.11 Å². The Hall–Kier alpha value is -1.34. The number of aliphatic hydroxyl groups is 1. The van der Waals surface area contributed by atoms with Crippen LogP contribution in [0.3, 0.4) is 0 Å². The summed E-state index contributed by atoms with van der Waals surface area (Å²) in [6, 6.07) is 16.1. The van der Waals surface area contributed by atoms with Crippen LogP contribution in [0.1, 0.15) is 83.1 Å². The minimum atomic E-state index is -0.0521. The number of fused-ring (bicyclic) bond motifs is 6. The van der Waals surface area contributed by atoms with Crippen LogP contribution in [-0.2, 0) is 0 Å². The minimum absolute atomic E-state index is 0.0521. The van der Waals surface area contributed by atoms with Gasteiger partial charge in [0, 0.05) is 0 Å². The van der Waals surface area contributed by atoms with Crippen LogP contribution < -0.4 is 0 Å². The molecule has 0 spiro atoms. The summed E-state index contributed by atoms with van der Waals surface area (Å²) in [4.78, 5) is 0. The zero-order chi connectivity index (χ0) is 20.5. The number of rotatable bonds is 1. The summed E-state index contributed by atoms with van der Waals surface area (Å²) in [5.74, 6) is 4.04. The highest BCUT2D eigenvalue weighted by Gasteiger charge is 2.60. The Kier molecular flexibility index (Phi) is 4.40. The molecular formula is C29H38O. The van der Waals surface area contributed by atoms with Gasteiger partial charge in [-0.15, -0.1) is 0 Å². The van der Waals surface area contributed by atoms with Gasteiger partial charge < -0.3 is 5.11 Å². The maximum atomic E-state index is 10.8. The minimum Gasteiger partial charge on any atom is -0.393 e. The third kappa shape index (κ3) is 2.57. The normalized spacial score (nSPS) is 45.6. The molecule has 0 aromatic heterocycles. The van der Waals surface area contributed by atoms with Crippen LogP contribution in [-0.4, -0.2) is 11.2 Å². The van der Waals surface area contributed by atoms with Crippen molar-refractivity contribution in [2.24, 2.45) is 34.5 Å². The van der Waals surface area contributed by atoms with Crippen molar-refractivity contribution in [1.29, 1.82) is 0 Å². The van der Waals surface area contributed by atoms with E-state index in [4.69, 9.17) is 0 Å². The standard InChI is InChI=1S/C29H38O/c1-28-17-6-11-22(21-10-5-8-19-7-3-4-9-20(19)21)24(28)13-12-23-25-14-15-27(30)29(25,2)18-16-26(23)28/h3-5,7-10,22-27,30H,6,11-18H2,1-2H3/t22?,23-,24?,25-,26-,27?,28-,29-/m0/s1. The molecule has 6 rings (SSSR count). The van der Waals surface area contributed by atoms with Crippen LogP contribution in [0.5, 0.6) is 0 Å². The van der Waals surface area contributed by atoms with Crippen LogP contribution in [0.4, 0.5) is 0 Å². The number of hydrogen-bond acceptors (Lipinski definition) is 1. The molecule has 30 heavy (non-hydrogen) atoms. The average Bonchev–Trinajstić information content (AvgIpc) is 3.07. The molecule has 0 aliphatic heterocycles. The fourth-order valence-electron chi connectivity index (χ4n) is 9.34. The van der Waals surface area contributed by atoms with Crippen molar-refractivity contribution in [3.05, 3.63) is 48.0 Å². The first-order valence-electron chi connectivity index (χ1n) is 12.7. The zero-order valence-electron chi connectivity index (χ0n) is 18.8. The first-order valence-corrected chi connectivity index (χ1v) is 12.7. The topological polar surface area (TPSA) is 20.2 Å². The highest BCUT2D eigenvalue weighted by Crippen LogP contribution is 2.68. The van der Waals surface area contributed by atoms with E-state index in [1.54, 1.807) is 5.56 Å². The lowest BCUT2D eigenvalue weighted by atomic mass is 9.43. The van der Waals surface area contributed by atoms with Crippen molar-refractivity contribution in [3.63, 3.8) is 0 Å². The Bertz CT molecular complexity index is 943. The molecule has 3 unspecified atom stereocenters. The summed E-state index contributed by atoms with van der Waals surface area (Å²) in [5.41, 5.74) is 2.31. The second-order valence-corrected chi connectivity index (χ2v) is 11.8. The predicted octanol–water partition coefficient (Wildman–Crippen LogP) is 7.33. The first-order chi connectivity index (χ1) is 14.5. The van der Waals surface area contributed by atoms with Crippen LogP contribution in [0.25, 0.3) is 10.8 Å². The molecule has 0 bridgehead atoms.